The van der Waals surface area contributed by atoms with Gasteiger partial charge in [-0.15, -0.1) is 11.8 Å². The van der Waals surface area contributed by atoms with Crippen LogP contribution >= 0.6 is 11.8 Å². The van der Waals surface area contributed by atoms with Gasteiger partial charge in [-0.1, -0.05) is 6.92 Å². The number of nitrogens with zero attached hydrogens (tertiary/aromatic N) is 2. The number of Topliss-reactive ketones (excluding diaryl/α,β-unsaturated/α-hetero) is 1. The van der Waals surface area contributed by atoms with Gasteiger partial charge in [0.25, 0.3) is 0 Å². The predicted molar refractivity (Wildman–Crippen MR) is 59.7 cm³/mol. The number of carbonyl (C=O) groups excluding carboxylic acids is 1. The average molecular weight is 222 g/mol. The summed E-state index contributed by atoms with van der Waals surface area (Å²) in [7, 11) is 0. The molecule has 80 valence electrons. The Kier molecular flexibility index (Phi) is 3.36. The fourth-order valence-electron chi connectivity index (χ4n) is 1.76. The third-order valence-corrected chi connectivity index (χ3v) is 4.14. The third-order valence-electron chi connectivity index (χ3n) is 2.75. The second kappa shape index (κ2) is 4.75. The van der Waals surface area contributed by atoms with E-state index in [1.165, 1.54) is 0 Å². The van der Waals surface area contributed by atoms with Gasteiger partial charge < -0.3 is 0 Å². The van der Waals surface area contributed by atoms with Crippen LogP contribution in [0.3, 0.4) is 0 Å². The van der Waals surface area contributed by atoms with E-state index in [4.69, 9.17) is 0 Å². The fraction of sp³-hybridized carbons (Fsp3) is 0.545. The van der Waals surface area contributed by atoms with Crippen LogP contribution in [0.25, 0.3) is 0 Å². The van der Waals surface area contributed by atoms with Crippen LogP contribution in [0.4, 0.5) is 0 Å². The van der Waals surface area contributed by atoms with E-state index in [9.17, 15) is 4.79 Å². The molecule has 1 aromatic rings. The first-order valence-electron chi connectivity index (χ1n) is 5.20. The third kappa shape index (κ3) is 2.78. The molecule has 4 heteroatoms. The van der Waals surface area contributed by atoms with Gasteiger partial charge in [-0.2, -0.15) is 0 Å². The SMILES string of the molecule is CC1CCC(=O)CC1Sc1cnccn1. The Morgan fingerprint density at radius 3 is 3.07 bits per heavy atom. The van der Waals surface area contributed by atoms with Gasteiger partial charge in [0.15, 0.2) is 0 Å². The van der Waals surface area contributed by atoms with Crippen LogP contribution in [-0.2, 0) is 4.79 Å². The van der Waals surface area contributed by atoms with E-state index >= 15 is 0 Å². The first-order valence-corrected chi connectivity index (χ1v) is 6.08. The van der Waals surface area contributed by atoms with Crippen LogP contribution in [0.2, 0.25) is 0 Å². The molecule has 0 aromatic carbocycles. The van der Waals surface area contributed by atoms with E-state index in [1.807, 2.05) is 0 Å². The number of hydrogen-bond donors (Lipinski definition) is 0. The second-order valence-electron chi connectivity index (χ2n) is 3.96. The minimum absolute atomic E-state index is 0.378. The molecule has 1 heterocycles. The van der Waals surface area contributed by atoms with Crippen molar-refractivity contribution in [3.05, 3.63) is 18.6 Å². The maximum atomic E-state index is 11.4. The largest absolute Gasteiger partial charge is 0.300 e. The first kappa shape index (κ1) is 10.6. The summed E-state index contributed by atoms with van der Waals surface area (Å²) in [5.74, 6) is 0.976. The van der Waals surface area contributed by atoms with Gasteiger partial charge >= 0.3 is 0 Å². The van der Waals surface area contributed by atoms with E-state index in [0.29, 0.717) is 23.4 Å². The standard InChI is InChI=1S/C11H14N2OS/c1-8-2-3-9(14)6-10(8)15-11-7-12-4-5-13-11/h4-5,7-8,10H,2-3,6H2,1H3. The Balaban J connectivity index is 2.01. The summed E-state index contributed by atoms with van der Waals surface area (Å²) in [5.41, 5.74) is 0. The molecule has 0 amide bonds. The van der Waals surface area contributed by atoms with Gasteiger partial charge in [-0.25, -0.2) is 4.98 Å². The lowest BCUT2D eigenvalue weighted by Crippen LogP contribution is -2.25. The normalized spacial score (nSPS) is 26.6. The molecular formula is C11H14N2OS. The summed E-state index contributed by atoms with van der Waals surface area (Å²) >= 11 is 1.68. The van der Waals surface area contributed by atoms with Gasteiger partial charge in [0.05, 0.1) is 6.20 Å². The van der Waals surface area contributed by atoms with Gasteiger partial charge in [0.1, 0.15) is 10.8 Å². The first-order chi connectivity index (χ1) is 7.25. The number of ketones is 1. The maximum absolute atomic E-state index is 11.4. The number of hydrogen-bond acceptors (Lipinski definition) is 4. The lowest BCUT2D eigenvalue weighted by Gasteiger charge is -2.26. The molecule has 2 atom stereocenters. The zero-order valence-electron chi connectivity index (χ0n) is 8.72. The molecule has 0 N–H and O–H groups in total. The number of carbonyl (C=O) groups is 1. The van der Waals surface area contributed by atoms with Crippen LogP contribution in [0.15, 0.2) is 23.6 Å². The molecule has 1 aromatic heterocycles. The highest BCUT2D eigenvalue weighted by atomic mass is 32.2. The van der Waals surface area contributed by atoms with Crippen molar-refractivity contribution in [1.29, 1.82) is 0 Å². The Hall–Kier alpha value is -0.900. The molecular weight excluding hydrogens is 208 g/mol. The summed E-state index contributed by atoms with van der Waals surface area (Å²) in [5, 5.41) is 1.30. The minimum Gasteiger partial charge on any atom is -0.300 e. The number of thioether (sulfide) groups is 1. The summed E-state index contributed by atoms with van der Waals surface area (Å²) < 4.78 is 0. The molecule has 15 heavy (non-hydrogen) atoms. The Morgan fingerprint density at radius 1 is 1.47 bits per heavy atom. The summed E-state index contributed by atoms with van der Waals surface area (Å²) in [6.07, 6.45) is 7.56. The van der Waals surface area contributed by atoms with E-state index in [0.717, 1.165) is 17.9 Å². The lowest BCUT2D eigenvalue weighted by atomic mass is 9.89. The van der Waals surface area contributed by atoms with Crippen molar-refractivity contribution in [2.45, 2.75) is 36.5 Å². The highest BCUT2D eigenvalue weighted by Gasteiger charge is 2.27. The van der Waals surface area contributed by atoms with Crippen molar-refractivity contribution in [2.24, 2.45) is 5.92 Å². The number of rotatable bonds is 2. The summed E-state index contributed by atoms with van der Waals surface area (Å²) in [4.78, 5) is 19.6. The van der Waals surface area contributed by atoms with Crippen LogP contribution in [0.5, 0.6) is 0 Å². The Bertz CT molecular complexity index is 342. The highest BCUT2D eigenvalue weighted by molar-refractivity contribution is 7.99. The zero-order valence-corrected chi connectivity index (χ0v) is 9.54. The van der Waals surface area contributed by atoms with E-state index in [1.54, 1.807) is 30.4 Å². The van der Waals surface area contributed by atoms with Crippen LogP contribution in [0.1, 0.15) is 26.2 Å². The summed E-state index contributed by atoms with van der Waals surface area (Å²) in [6, 6.07) is 0. The van der Waals surface area contributed by atoms with Crippen LogP contribution < -0.4 is 0 Å². The molecule has 1 aliphatic rings. The van der Waals surface area contributed by atoms with Crippen LogP contribution in [-0.4, -0.2) is 21.0 Å². The Labute approximate surface area is 93.7 Å². The van der Waals surface area contributed by atoms with Crippen molar-refractivity contribution in [1.82, 2.24) is 9.97 Å². The van der Waals surface area contributed by atoms with Gasteiger partial charge in [-0.3, -0.25) is 9.78 Å². The molecule has 3 nitrogen and oxygen atoms in total. The van der Waals surface area contributed by atoms with Gasteiger partial charge in [0, 0.05) is 30.5 Å². The van der Waals surface area contributed by atoms with E-state index in [2.05, 4.69) is 16.9 Å². The molecule has 1 aliphatic carbocycles. The van der Waals surface area contributed by atoms with Crippen molar-refractivity contribution >= 4 is 17.5 Å². The smallest absolute Gasteiger partial charge is 0.134 e. The highest BCUT2D eigenvalue weighted by Crippen LogP contribution is 2.34. The van der Waals surface area contributed by atoms with Crippen LogP contribution in [0, 0.1) is 5.92 Å². The lowest BCUT2D eigenvalue weighted by molar-refractivity contribution is -0.120. The molecule has 0 spiro atoms. The second-order valence-corrected chi connectivity index (χ2v) is 5.22. The quantitative estimate of drug-likeness (QED) is 0.770. The molecule has 2 rings (SSSR count). The van der Waals surface area contributed by atoms with Gasteiger partial charge in [0.2, 0.25) is 0 Å². The molecule has 0 saturated heterocycles. The number of aromatic nitrogens is 2. The van der Waals surface area contributed by atoms with Crippen molar-refractivity contribution < 1.29 is 4.79 Å². The minimum atomic E-state index is 0.378. The maximum Gasteiger partial charge on any atom is 0.134 e. The molecule has 0 aliphatic heterocycles. The zero-order chi connectivity index (χ0) is 10.7. The monoisotopic (exact) mass is 222 g/mol. The summed E-state index contributed by atoms with van der Waals surface area (Å²) in [6.45, 7) is 2.21. The molecule has 1 fully saturated rings. The average Bonchev–Trinajstić information content (AvgIpc) is 2.25. The van der Waals surface area contributed by atoms with Crippen molar-refractivity contribution in [3.8, 4) is 0 Å². The topological polar surface area (TPSA) is 42.9 Å². The molecule has 1 saturated carbocycles. The fourth-order valence-corrected chi connectivity index (χ4v) is 2.95. The predicted octanol–water partition coefficient (Wildman–Crippen LogP) is 2.33. The Morgan fingerprint density at radius 2 is 2.33 bits per heavy atom. The van der Waals surface area contributed by atoms with Gasteiger partial charge in [-0.05, 0) is 12.3 Å². The molecule has 2 unspecified atom stereocenters. The van der Waals surface area contributed by atoms with E-state index < -0.39 is 0 Å². The van der Waals surface area contributed by atoms with E-state index in [-0.39, 0.29) is 0 Å². The van der Waals surface area contributed by atoms with Crippen molar-refractivity contribution in [3.63, 3.8) is 0 Å². The van der Waals surface area contributed by atoms with Crippen molar-refractivity contribution in [2.75, 3.05) is 0 Å². The molecule has 0 bridgehead atoms. The molecule has 0 radical (unpaired) electrons.